The van der Waals surface area contributed by atoms with Crippen LogP contribution in [0.15, 0.2) is 12.2 Å². The van der Waals surface area contributed by atoms with Crippen molar-refractivity contribution in [3.63, 3.8) is 0 Å². The number of ether oxygens (including phenoxy) is 1. The fourth-order valence-electron chi connectivity index (χ4n) is 3.00. The van der Waals surface area contributed by atoms with Crippen molar-refractivity contribution in [2.75, 3.05) is 6.54 Å². The molecule has 4 atom stereocenters. The Bertz CT molecular complexity index is 238. The fraction of sp³-hybridized carbons (Fsp3) is 0.800. The van der Waals surface area contributed by atoms with Crippen LogP contribution in [-0.2, 0) is 4.74 Å². The summed E-state index contributed by atoms with van der Waals surface area (Å²) in [5.41, 5.74) is 0.0723. The molecule has 0 aromatic heterocycles. The van der Waals surface area contributed by atoms with E-state index in [1.807, 2.05) is 0 Å². The third-order valence-electron chi connectivity index (χ3n) is 3.70. The van der Waals surface area contributed by atoms with Crippen LogP contribution in [0.3, 0.4) is 0 Å². The number of nitrogens with one attached hydrogen (secondary N) is 1. The first-order valence-corrected chi connectivity index (χ1v) is 4.92. The van der Waals surface area contributed by atoms with Gasteiger partial charge in [0, 0.05) is 6.04 Å². The van der Waals surface area contributed by atoms with E-state index in [-0.39, 0.29) is 5.60 Å². The highest BCUT2D eigenvalue weighted by Gasteiger charge is 2.54. The van der Waals surface area contributed by atoms with Crippen molar-refractivity contribution in [1.29, 1.82) is 0 Å². The summed E-state index contributed by atoms with van der Waals surface area (Å²) in [4.78, 5) is 0. The van der Waals surface area contributed by atoms with Gasteiger partial charge in [0.15, 0.2) is 0 Å². The first-order chi connectivity index (χ1) is 5.81. The lowest BCUT2D eigenvalue weighted by atomic mass is 9.74. The van der Waals surface area contributed by atoms with Crippen molar-refractivity contribution in [3.8, 4) is 0 Å². The minimum Gasteiger partial charge on any atom is -0.362 e. The summed E-state index contributed by atoms with van der Waals surface area (Å²) in [6, 6.07) is 0.500. The molecule has 2 fully saturated rings. The molecule has 0 amide bonds. The molecule has 0 aliphatic carbocycles. The van der Waals surface area contributed by atoms with E-state index in [9.17, 15) is 0 Å². The summed E-state index contributed by atoms with van der Waals surface area (Å²) in [5, 5.41) is 3.50. The van der Waals surface area contributed by atoms with Crippen LogP contribution in [-0.4, -0.2) is 24.3 Å². The Morgan fingerprint density at radius 2 is 2.50 bits per heavy atom. The fourth-order valence-corrected chi connectivity index (χ4v) is 3.00. The van der Waals surface area contributed by atoms with Crippen LogP contribution in [0, 0.1) is 5.92 Å². The Labute approximate surface area is 73.0 Å². The molecule has 0 unspecified atom stereocenters. The molecular formula is C10H15NO. The van der Waals surface area contributed by atoms with Gasteiger partial charge in [-0.3, -0.25) is 0 Å². The van der Waals surface area contributed by atoms with Gasteiger partial charge in [0.25, 0.3) is 0 Å². The summed E-state index contributed by atoms with van der Waals surface area (Å²) < 4.78 is 6.00. The van der Waals surface area contributed by atoms with E-state index in [4.69, 9.17) is 4.74 Å². The third kappa shape index (κ3) is 0.679. The highest BCUT2D eigenvalue weighted by atomic mass is 16.5. The van der Waals surface area contributed by atoms with Crippen molar-refractivity contribution in [2.24, 2.45) is 5.92 Å². The Hall–Kier alpha value is -0.340. The minimum absolute atomic E-state index is 0.0723. The molecule has 66 valence electrons. The van der Waals surface area contributed by atoms with Crippen LogP contribution >= 0.6 is 0 Å². The second-order valence-corrected chi connectivity index (χ2v) is 4.27. The zero-order chi connectivity index (χ0) is 8.18. The van der Waals surface area contributed by atoms with Gasteiger partial charge in [-0.25, -0.2) is 0 Å². The van der Waals surface area contributed by atoms with E-state index in [1.165, 1.54) is 12.8 Å². The van der Waals surface area contributed by atoms with Crippen LogP contribution < -0.4 is 5.32 Å². The van der Waals surface area contributed by atoms with E-state index in [1.54, 1.807) is 0 Å². The molecule has 2 heteroatoms. The maximum absolute atomic E-state index is 6.00. The molecule has 3 aliphatic rings. The van der Waals surface area contributed by atoms with Crippen molar-refractivity contribution >= 4 is 0 Å². The molecule has 3 aliphatic heterocycles. The van der Waals surface area contributed by atoms with Crippen LogP contribution in [0.2, 0.25) is 0 Å². The van der Waals surface area contributed by atoms with Gasteiger partial charge < -0.3 is 10.1 Å². The zero-order valence-corrected chi connectivity index (χ0v) is 7.42. The maximum Gasteiger partial charge on any atom is 0.105 e. The van der Waals surface area contributed by atoms with E-state index in [2.05, 4.69) is 24.4 Å². The summed E-state index contributed by atoms with van der Waals surface area (Å²) in [7, 11) is 0. The monoisotopic (exact) mass is 165 g/mol. The first-order valence-electron chi connectivity index (χ1n) is 4.92. The zero-order valence-electron chi connectivity index (χ0n) is 7.42. The Morgan fingerprint density at radius 1 is 1.58 bits per heavy atom. The first kappa shape index (κ1) is 7.10. The number of piperidine rings is 1. The number of fused-ring (bicyclic) bond motifs is 1. The molecule has 0 saturated carbocycles. The quantitative estimate of drug-likeness (QED) is 0.542. The molecule has 0 radical (unpaired) electrons. The largest absolute Gasteiger partial charge is 0.362 e. The molecule has 1 spiro atoms. The summed E-state index contributed by atoms with van der Waals surface area (Å²) >= 11 is 0. The second kappa shape index (κ2) is 2.12. The standard InChI is InChI=1S/C10H15NO/c1-7-10-4-2-9(12-10)6-8(10)3-5-11-7/h2,4,7-9,11H,3,5-6H2,1H3/t7-,8-,9-,10+/m0/s1. The van der Waals surface area contributed by atoms with E-state index in [0.29, 0.717) is 12.1 Å². The van der Waals surface area contributed by atoms with E-state index < -0.39 is 0 Å². The normalized spacial score (nSPS) is 55.9. The summed E-state index contributed by atoms with van der Waals surface area (Å²) in [6.07, 6.45) is 7.49. The highest BCUT2D eigenvalue weighted by Crippen LogP contribution is 2.48. The molecule has 12 heavy (non-hydrogen) atoms. The number of hydrogen-bond donors (Lipinski definition) is 1. The topological polar surface area (TPSA) is 21.3 Å². The average molecular weight is 165 g/mol. The Morgan fingerprint density at radius 3 is 3.25 bits per heavy atom. The SMILES string of the molecule is C[C@@H]1NCC[C@H]2C[C@@H]3C=C[C@]21O3. The van der Waals surface area contributed by atoms with E-state index in [0.717, 1.165) is 12.5 Å². The average Bonchev–Trinajstić information content (AvgIpc) is 2.61. The Balaban J connectivity index is 2.00. The summed E-state index contributed by atoms with van der Waals surface area (Å²) in [6.45, 7) is 3.40. The van der Waals surface area contributed by atoms with Gasteiger partial charge in [0.05, 0.1) is 6.10 Å². The van der Waals surface area contributed by atoms with Crippen LogP contribution in [0.25, 0.3) is 0 Å². The van der Waals surface area contributed by atoms with Gasteiger partial charge in [-0.2, -0.15) is 0 Å². The number of hydrogen-bond acceptors (Lipinski definition) is 2. The van der Waals surface area contributed by atoms with Gasteiger partial charge in [0.1, 0.15) is 5.60 Å². The third-order valence-corrected chi connectivity index (χ3v) is 3.70. The van der Waals surface area contributed by atoms with Gasteiger partial charge in [0.2, 0.25) is 0 Å². The minimum atomic E-state index is 0.0723. The molecular weight excluding hydrogens is 150 g/mol. The van der Waals surface area contributed by atoms with Crippen LogP contribution in [0.4, 0.5) is 0 Å². The molecule has 1 N–H and O–H groups in total. The molecule has 2 bridgehead atoms. The summed E-state index contributed by atoms with van der Waals surface area (Å²) in [5.74, 6) is 0.781. The smallest absolute Gasteiger partial charge is 0.105 e. The van der Waals surface area contributed by atoms with Crippen molar-refractivity contribution in [2.45, 2.75) is 37.5 Å². The van der Waals surface area contributed by atoms with Gasteiger partial charge >= 0.3 is 0 Å². The van der Waals surface area contributed by atoms with Gasteiger partial charge in [-0.15, -0.1) is 0 Å². The molecule has 0 aromatic rings. The molecule has 3 heterocycles. The predicted octanol–water partition coefficient (Wildman–Crippen LogP) is 1.08. The van der Waals surface area contributed by atoms with Crippen molar-refractivity contribution < 1.29 is 4.74 Å². The van der Waals surface area contributed by atoms with E-state index >= 15 is 0 Å². The molecule has 0 aromatic carbocycles. The second-order valence-electron chi connectivity index (χ2n) is 4.27. The van der Waals surface area contributed by atoms with Crippen LogP contribution in [0.5, 0.6) is 0 Å². The molecule has 2 nitrogen and oxygen atoms in total. The molecule has 3 rings (SSSR count). The van der Waals surface area contributed by atoms with Crippen molar-refractivity contribution in [1.82, 2.24) is 5.32 Å². The maximum atomic E-state index is 6.00. The molecule has 2 saturated heterocycles. The lowest BCUT2D eigenvalue weighted by molar-refractivity contribution is -0.0262. The lowest BCUT2D eigenvalue weighted by Crippen LogP contribution is -2.55. The lowest BCUT2D eigenvalue weighted by Gasteiger charge is -2.41. The number of rotatable bonds is 0. The van der Waals surface area contributed by atoms with Gasteiger partial charge in [-0.1, -0.05) is 12.2 Å². The van der Waals surface area contributed by atoms with Crippen molar-refractivity contribution in [3.05, 3.63) is 12.2 Å². The Kier molecular flexibility index (Phi) is 1.25. The van der Waals surface area contributed by atoms with Crippen LogP contribution in [0.1, 0.15) is 19.8 Å². The van der Waals surface area contributed by atoms with Gasteiger partial charge in [-0.05, 0) is 32.2 Å². The predicted molar refractivity (Wildman–Crippen MR) is 46.9 cm³/mol. The highest BCUT2D eigenvalue weighted by molar-refractivity contribution is 5.24.